The van der Waals surface area contributed by atoms with Gasteiger partial charge in [0.2, 0.25) is 0 Å². The van der Waals surface area contributed by atoms with Crippen molar-refractivity contribution in [3.05, 3.63) is 0 Å². The van der Waals surface area contributed by atoms with Crippen LogP contribution in [0.25, 0.3) is 0 Å². The van der Waals surface area contributed by atoms with Gasteiger partial charge in [0.25, 0.3) is 0 Å². The second-order valence-electron chi connectivity index (χ2n) is 7.13. The second-order valence-corrected chi connectivity index (χ2v) is 7.13. The van der Waals surface area contributed by atoms with Crippen LogP contribution in [-0.4, -0.2) is 41.8 Å². The number of carbonyl (C=O) groups is 1. The molecule has 2 N–H and O–H groups in total. The fourth-order valence-electron chi connectivity index (χ4n) is 4.05. The number of likely N-dealkylation sites (tertiary alicyclic amines) is 1. The van der Waals surface area contributed by atoms with E-state index in [2.05, 4.69) is 5.32 Å². The Morgan fingerprint density at radius 3 is 2.40 bits per heavy atom. The van der Waals surface area contributed by atoms with E-state index in [0.717, 1.165) is 31.6 Å². The Balaban J connectivity index is 1.53. The van der Waals surface area contributed by atoms with E-state index in [0.29, 0.717) is 11.8 Å². The van der Waals surface area contributed by atoms with Crippen molar-refractivity contribution in [1.29, 1.82) is 0 Å². The number of rotatable bonds is 5. The third kappa shape index (κ3) is 3.66. The molecule has 2 atom stereocenters. The van der Waals surface area contributed by atoms with Crippen molar-refractivity contribution in [2.24, 2.45) is 17.8 Å². The normalized spacial score (nSPS) is 31.7. The first-order valence-electron chi connectivity index (χ1n) is 8.43. The zero-order valence-corrected chi connectivity index (χ0v) is 12.4. The van der Waals surface area contributed by atoms with E-state index in [1.807, 2.05) is 0 Å². The van der Waals surface area contributed by atoms with Gasteiger partial charge in [0.1, 0.15) is 0 Å². The van der Waals surface area contributed by atoms with Gasteiger partial charge >= 0.3 is 6.09 Å². The Morgan fingerprint density at radius 1 is 1.05 bits per heavy atom. The fraction of sp³-hybridized carbons (Fsp3) is 0.938. The maximum absolute atomic E-state index is 11.2. The lowest BCUT2D eigenvalue weighted by molar-refractivity contribution is 0.152. The molecule has 1 saturated heterocycles. The highest BCUT2D eigenvalue weighted by Gasteiger charge is 2.37. The summed E-state index contributed by atoms with van der Waals surface area (Å²) in [5, 5.41) is 12.9. The first kappa shape index (κ1) is 14.2. The van der Waals surface area contributed by atoms with E-state index in [4.69, 9.17) is 0 Å². The zero-order chi connectivity index (χ0) is 13.9. The molecule has 20 heavy (non-hydrogen) atoms. The van der Waals surface area contributed by atoms with E-state index in [1.54, 1.807) is 4.90 Å². The van der Waals surface area contributed by atoms with Crippen LogP contribution in [0.3, 0.4) is 0 Å². The lowest BCUT2D eigenvalue weighted by Crippen LogP contribution is -2.31. The minimum atomic E-state index is -0.729. The summed E-state index contributed by atoms with van der Waals surface area (Å²) in [5.74, 6) is 1.97. The van der Waals surface area contributed by atoms with Gasteiger partial charge in [-0.2, -0.15) is 0 Å². The summed E-state index contributed by atoms with van der Waals surface area (Å²) in [5.41, 5.74) is 0. The number of amides is 1. The van der Waals surface area contributed by atoms with Crippen molar-refractivity contribution < 1.29 is 9.90 Å². The molecule has 114 valence electrons. The average molecular weight is 280 g/mol. The Hall–Kier alpha value is -0.770. The molecule has 0 unspecified atom stereocenters. The standard InChI is InChI=1S/C16H28N2O2/c19-16(20)18-10-13(8-12-4-2-1-3-5-12)14(11-18)9-17-15-6-7-15/h12-15,17H,1-11H2,(H,19,20)/t13-,14-/m1/s1. The largest absolute Gasteiger partial charge is 0.465 e. The van der Waals surface area contributed by atoms with Crippen molar-refractivity contribution in [2.75, 3.05) is 19.6 Å². The molecule has 0 aromatic carbocycles. The summed E-state index contributed by atoms with van der Waals surface area (Å²) in [6, 6.07) is 0.726. The van der Waals surface area contributed by atoms with E-state index in [9.17, 15) is 9.90 Å². The molecular formula is C16H28N2O2. The van der Waals surface area contributed by atoms with Crippen molar-refractivity contribution in [3.63, 3.8) is 0 Å². The van der Waals surface area contributed by atoms with Crippen molar-refractivity contribution in [2.45, 2.75) is 57.4 Å². The molecule has 0 bridgehead atoms. The molecule has 0 aromatic rings. The Bertz CT molecular complexity index is 337. The third-order valence-electron chi connectivity index (χ3n) is 5.45. The van der Waals surface area contributed by atoms with Crippen LogP contribution in [-0.2, 0) is 0 Å². The highest BCUT2D eigenvalue weighted by molar-refractivity contribution is 5.65. The predicted molar refractivity (Wildman–Crippen MR) is 78.8 cm³/mol. The summed E-state index contributed by atoms with van der Waals surface area (Å²) in [6.45, 7) is 2.53. The molecule has 4 heteroatoms. The summed E-state index contributed by atoms with van der Waals surface area (Å²) in [4.78, 5) is 12.9. The van der Waals surface area contributed by atoms with Crippen LogP contribution in [0.1, 0.15) is 51.4 Å². The van der Waals surface area contributed by atoms with Gasteiger partial charge in [-0.1, -0.05) is 32.1 Å². The first-order valence-corrected chi connectivity index (χ1v) is 8.43. The molecule has 0 radical (unpaired) electrons. The third-order valence-corrected chi connectivity index (χ3v) is 5.45. The van der Waals surface area contributed by atoms with Crippen LogP contribution in [0.2, 0.25) is 0 Å². The Morgan fingerprint density at radius 2 is 1.75 bits per heavy atom. The van der Waals surface area contributed by atoms with Crippen LogP contribution < -0.4 is 5.32 Å². The summed E-state index contributed by atoms with van der Waals surface area (Å²) in [6.07, 6.45) is 10.0. The number of hydrogen-bond donors (Lipinski definition) is 2. The van der Waals surface area contributed by atoms with Crippen LogP contribution in [0.4, 0.5) is 4.79 Å². The minimum Gasteiger partial charge on any atom is -0.465 e. The SMILES string of the molecule is O=C(O)N1C[C@@H](CNC2CC2)[C@H](CC2CCCCC2)C1. The van der Waals surface area contributed by atoms with Crippen molar-refractivity contribution in [3.8, 4) is 0 Å². The molecule has 3 rings (SSSR count). The van der Waals surface area contributed by atoms with Crippen LogP contribution in [0.15, 0.2) is 0 Å². The molecule has 2 aliphatic carbocycles. The van der Waals surface area contributed by atoms with Gasteiger partial charge in [-0.25, -0.2) is 4.79 Å². The van der Waals surface area contributed by atoms with Crippen LogP contribution in [0.5, 0.6) is 0 Å². The smallest absolute Gasteiger partial charge is 0.407 e. The molecule has 3 fully saturated rings. The van der Waals surface area contributed by atoms with E-state index in [-0.39, 0.29) is 0 Å². The lowest BCUT2D eigenvalue weighted by Gasteiger charge is -2.27. The van der Waals surface area contributed by atoms with E-state index < -0.39 is 6.09 Å². The molecule has 2 saturated carbocycles. The minimum absolute atomic E-state index is 0.536. The maximum atomic E-state index is 11.2. The lowest BCUT2D eigenvalue weighted by atomic mass is 9.79. The van der Waals surface area contributed by atoms with Gasteiger partial charge in [0, 0.05) is 25.7 Å². The van der Waals surface area contributed by atoms with Crippen molar-refractivity contribution >= 4 is 6.09 Å². The number of hydrogen-bond acceptors (Lipinski definition) is 2. The van der Waals surface area contributed by atoms with Crippen molar-refractivity contribution in [1.82, 2.24) is 10.2 Å². The molecule has 1 heterocycles. The van der Waals surface area contributed by atoms with Crippen LogP contribution >= 0.6 is 0 Å². The molecule has 1 aliphatic heterocycles. The number of carboxylic acid groups (broad SMARTS) is 1. The first-order chi connectivity index (χ1) is 9.72. The van der Waals surface area contributed by atoms with E-state index >= 15 is 0 Å². The molecule has 3 aliphatic rings. The summed E-state index contributed by atoms with van der Waals surface area (Å²) < 4.78 is 0. The Labute approximate surface area is 121 Å². The quantitative estimate of drug-likeness (QED) is 0.814. The second kappa shape index (κ2) is 6.33. The van der Waals surface area contributed by atoms with Gasteiger partial charge in [-0.3, -0.25) is 0 Å². The van der Waals surface area contributed by atoms with Gasteiger partial charge in [-0.15, -0.1) is 0 Å². The number of nitrogens with zero attached hydrogens (tertiary/aromatic N) is 1. The van der Waals surface area contributed by atoms with Crippen LogP contribution in [0, 0.1) is 17.8 Å². The molecular weight excluding hydrogens is 252 g/mol. The molecule has 0 spiro atoms. The number of nitrogens with one attached hydrogen (secondary N) is 1. The topological polar surface area (TPSA) is 52.6 Å². The monoisotopic (exact) mass is 280 g/mol. The van der Waals surface area contributed by atoms with Gasteiger partial charge < -0.3 is 15.3 Å². The molecule has 1 amide bonds. The average Bonchev–Trinajstić information content (AvgIpc) is 3.19. The van der Waals surface area contributed by atoms with Gasteiger partial charge in [0.05, 0.1) is 0 Å². The Kier molecular flexibility index (Phi) is 4.49. The molecule has 0 aromatic heterocycles. The fourth-order valence-corrected chi connectivity index (χ4v) is 4.05. The zero-order valence-electron chi connectivity index (χ0n) is 12.4. The summed E-state index contributed by atoms with van der Waals surface area (Å²) in [7, 11) is 0. The van der Waals surface area contributed by atoms with Gasteiger partial charge in [-0.05, 0) is 37.0 Å². The predicted octanol–water partition coefficient (Wildman–Crippen LogP) is 2.93. The van der Waals surface area contributed by atoms with Gasteiger partial charge in [0.15, 0.2) is 0 Å². The highest BCUT2D eigenvalue weighted by Crippen LogP contribution is 2.35. The maximum Gasteiger partial charge on any atom is 0.407 e. The molecule has 4 nitrogen and oxygen atoms in total. The highest BCUT2D eigenvalue weighted by atomic mass is 16.4. The summed E-state index contributed by atoms with van der Waals surface area (Å²) >= 11 is 0. The van der Waals surface area contributed by atoms with E-state index in [1.165, 1.54) is 51.4 Å².